The van der Waals surface area contributed by atoms with Crippen molar-refractivity contribution in [1.29, 1.82) is 0 Å². The van der Waals surface area contributed by atoms with Crippen LogP contribution in [-0.4, -0.2) is 19.1 Å². The number of hydrogen-bond acceptors (Lipinski definition) is 2. The number of hydrogen-bond donors (Lipinski definition) is 0. The van der Waals surface area contributed by atoms with E-state index in [4.69, 9.17) is 21.1 Å². The average Bonchev–Trinajstić information content (AvgIpc) is 2.52. The lowest BCUT2D eigenvalue weighted by Gasteiger charge is -2.09. The Hall–Kier alpha value is -1.41. The van der Waals surface area contributed by atoms with E-state index in [9.17, 15) is 0 Å². The van der Waals surface area contributed by atoms with Gasteiger partial charge < -0.3 is 9.47 Å². The topological polar surface area (TPSA) is 18.5 Å². The van der Waals surface area contributed by atoms with Gasteiger partial charge in [0, 0.05) is 5.88 Å². The van der Waals surface area contributed by atoms with Crippen LogP contribution < -0.4 is 9.47 Å². The monoisotopic (exact) mass is 306 g/mol. The van der Waals surface area contributed by atoms with Gasteiger partial charge in [-0.2, -0.15) is 0 Å². The molecule has 0 aliphatic carbocycles. The highest BCUT2D eigenvalue weighted by Crippen LogP contribution is 2.25. The summed E-state index contributed by atoms with van der Waals surface area (Å²) in [7, 11) is 0. The molecule has 21 heavy (non-hydrogen) atoms. The van der Waals surface area contributed by atoms with Crippen molar-refractivity contribution in [3.8, 4) is 11.5 Å². The Morgan fingerprint density at radius 2 is 1.43 bits per heavy atom. The van der Waals surface area contributed by atoms with Crippen LogP contribution in [0.1, 0.15) is 32.6 Å². The normalized spacial score (nSPS) is 10.8. The third-order valence-electron chi connectivity index (χ3n) is 3.30. The van der Waals surface area contributed by atoms with Gasteiger partial charge >= 0.3 is 0 Å². The van der Waals surface area contributed by atoms with Crippen LogP contribution in [-0.2, 0) is 0 Å². The summed E-state index contributed by atoms with van der Waals surface area (Å²) in [6.07, 6.45) is 4.25. The van der Waals surface area contributed by atoms with Crippen molar-refractivity contribution in [3.63, 3.8) is 0 Å². The minimum Gasteiger partial charge on any atom is -0.494 e. The number of benzene rings is 2. The van der Waals surface area contributed by atoms with Crippen molar-refractivity contribution in [1.82, 2.24) is 0 Å². The van der Waals surface area contributed by atoms with Gasteiger partial charge in [0.05, 0.1) is 13.2 Å². The van der Waals surface area contributed by atoms with E-state index in [2.05, 4.69) is 31.2 Å². The lowest BCUT2D eigenvalue weighted by molar-refractivity contribution is 0.307. The largest absolute Gasteiger partial charge is 0.494 e. The Morgan fingerprint density at radius 3 is 2.00 bits per heavy atom. The van der Waals surface area contributed by atoms with Crippen molar-refractivity contribution in [3.05, 3.63) is 36.4 Å². The van der Waals surface area contributed by atoms with Gasteiger partial charge in [-0.05, 0) is 60.7 Å². The summed E-state index contributed by atoms with van der Waals surface area (Å²) in [6, 6.07) is 12.4. The first-order valence-corrected chi connectivity index (χ1v) is 8.22. The molecule has 0 heterocycles. The van der Waals surface area contributed by atoms with Gasteiger partial charge in [0.15, 0.2) is 0 Å². The molecule has 0 bridgehead atoms. The molecule has 0 spiro atoms. The Balaban J connectivity index is 1.95. The maximum Gasteiger partial charge on any atom is 0.119 e. The molecule has 3 heteroatoms. The quantitative estimate of drug-likeness (QED) is 0.455. The molecular weight excluding hydrogens is 284 g/mol. The predicted octanol–water partition coefficient (Wildman–Crippen LogP) is 5.42. The van der Waals surface area contributed by atoms with Crippen molar-refractivity contribution in [2.75, 3.05) is 19.1 Å². The third kappa shape index (κ3) is 5.13. The fourth-order valence-electron chi connectivity index (χ4n) is 2.16. The molecule has 0 N–H and O–H groups in total. The van der Waals surface area contributed by atoms with Crippen LogP contribution >= 0.6 is 11.6 Å². The Labute approximate surface area is 132 Å². The Kier molecular flexibility index (Phi) is 6.68. The molecule has 114 valence electrons. The Morgan fingerprint density at radius 1 is 0.810 bits per heavy atom. The molecule has 0 aliphatic rings. The smallest absolute Gasteiger partial charge is 0.119 e. The van der Waals surface area contributed by atoms with Crippen molar-refractivity contribution in [2.45, 2.75) is 32.6 Å². The van der Waals surface area contributed by atoms with E-state index >= 15 is 0 Å². The molecule has 2 aromatic rings. The average molecular weight is 307 g/mol. The summed E-state index contributed by atoms with van der Waals surface area (Å²) in [6.45, 7) is 3.62. The minimum absolute atomic E-state index is 0.735. The fraction of sp³-hybridized carbons (Fsp3) is 0.444. The summed E-state index contributed by atoms with van der Waals surface area (Å²) >= 11 is 5.66. The van der Waals surface area contributed by atoms with Crippen molar-refractivity contribution in [2.24, 2.45) is 0 Å². The maximum absolute atomic E-state index is 5.78. The molecule has 2 rings (SSSR count). The van der Waals surface area contributed by atoms with E-state index in [-0.39, 0.29) is 0 Å². The van der Waals surface area contributed by atoms with E-state index in [1.54, 1.807) is 0 Å². The molecule has 2 nitrogen and oxygen atoms in total. The first-order valence-electron chi connectivity index (χ1n) is 7.69. The second-order valence-corrected chi connectivity index (χ2v) is 5.50. The van der Waals surface area contributed by atoms with Crippen molar-refractivity contribution >= 4 is 22.4 Å². The SMILES string of the molecule is CCCOc1ccc2cc(OCCCCCCl)ccc2c1. The third-order valence-corrected chi connectivity index (χ3v) is 3.57. The summed E-state index contributed by atoms with van der Waals surface area (Å²) < 4.78 is 11.4. The zero-order valence-electron chi connectivity index (χ0n) is 12.6. The highest BCUT2D eigenvalue weighted by Gasteiger charge is 2.00. The van der Waals surface area contributed by atoms with Crippen molar-refractivity contribution < 1.29 is 9.47 Å². The van der Waals surface area contributed by atoms with Crippen LogP contribution in [0, 0.1) is 0 Å². The molecule has 0 aliphatic heterocycles. The summed E-state index contributed by atoms with van der Waals surface area (Å²) in [4.78, 5) is 0. The molecule has 0 atom stereocenters. The second-order valence-electron chi connectivity index (χ2n) is 5.12. The first-order chi connectivity index (χ1) is 10.3. The predicted molar refractivity (Wildman–Crippen MR) is 89.8 cm³/mol. The number of unbranched alkanes of at least 4 members (excludes halogenated alkanes) is 2. The number of alkyl halides is 1. The highest BCUT2D eigenvalue weighted by molar-refractivity contribution is 6.17. The number of ether oxygens (including phenoxy) is 2. The van der Waals surface area contributed by atoms with Crippen LogP contribution in [0.5, 0.6) is 11.5 Å². The van der Waals surface area contributed by atoms with Gasteiger partial charge in [0.2, 0.25) is 0 Å². The number of rotatable bonds is 9. The van der Waals surface area contributed by atoms with E-state index in [0.717, 1.165) is 56.3 Å². The van der Waals surface area contributed by atoms with E-state index < -0.39 is 0 Å². The first kappa shape index (κ1) is 16.0. The minimum atomic E-state index is 0.735. The molecular formula is C18H23ClO2. The van der Waals surface area contributed by atoms with Crippen LogP contribution in [0.2, 0.25) is 0 Å². The summed E-state index contributed by atoms with van der Waals surface area (Å²) in [5.41, 5.74) is 0. The molecule has 0 aromatic heterocycles. The van der Waals surface area contributed by atoms with Crippen LogP contribution in [0.15, 0.2) is 36.4 Å². The van der Waals surface area contributed by atoms with E-state index in [1.807, 2.05) is 12.1 Å². The summed E-state index contributed by atoms with van der Waals surface area (Å²) in [5, 5.41) is 2.36. The van der Waals surface area contributed by atoms with Gasteiger partial charge in [-0.15, -0.1) is 11.6 Å². The standard InChI is InChI=1S/C18H23ClO2/c1-2-11-20-17-8-6-16-14-18(9-7-15(16)13-17)21-12-5-3-4-10-19/h6-9,13-14H,2-5,10-12H2,1H3. The molecule has 0 fully saturated rings. The van der Waals surface area contributed by atoms with Crippen LogP contribution in [0.25, 0.3) is 10.8 Å². The molecule has 0 unspecified atom stereocenters. The van der Waals surface area contributed by atoms with E-state index in [0.29, 0.717) is 0 Å². The summed E-state index contributed by atoms with van der Waals surface area (Å²) in [5.74, 6) is 2.59. The number of fused-ring (bicyclic) bond motifs is 1. The molecule has 0 amide bonds. The molecule has 2 aromatic carbocycles. The molecule has 0 saturated heterocycles. The van der Waals surface area contributed by atoms with Gasteiger partial charge in [-0.25, -0.2) is 0 Å². The van der Waals surface area contributed by atoms with Gasteiger partial charge in [-0.1, -0.05) is 19.1 Å². The zero-order chi connectivity index (χ0) is 14.9. The van der Waals surface area contributed by atoms with Gasteiger partial charge in [0.1, 0.15) is 11.5 Å². The second kappa shape index (κ2) is 8.78. The number of halogens is 1. The zero-order valence-corrected chi connectivity index (χ0v) is 13.4. The highest BCUT2D eigenvalue weighted by atomic mass is 35.5. The lowest BCUT2D eigenvalue weighted by atomic mass is 10.1. The molecule has 0 radical (unpaired) electrons. The van der Waals surface area contributed by atoms with E-state index in [1.165, 1.54) is 10.8 Å². The fourth-order valence-corrected chi connectivity index (χ4v) is 2.35. The lowest BCUT2D eigenvalue weighted by Crippen LogP contribution is -1.97. The van der Waals surface area contributed by atoms with Gasteiger partial charge in [0.25, 0.3) is 0 Å². The van der Waals surface area contributed by atoms with Crippen LogP contribution in [0.3, 0.4) is 0 Å². The maximum atomic E-state index is 5.78. The molecule has 0 saturated carbocycles. The van der Waals surface area contributed by atoms with Crippen LogP contribution in [0.4, 0.5) is 0 Å². The van der Waals surface area contributed by atoms with Gasteiger partial charge in [-0.3, -0.25) is 0 Å². The Bertz CT molecular complexity index is 554.